The van der Waals surface area contributed by atoms with Crippen LogP contribution in [-0.4, -0.2) is 18.1 Å². The Bertz CT molecular complexity index is 847. The number of benzene rings is 2. The zero-order valence-electron chi connectivity index (χ0n) is 17.1. The molecule has 6 heteroatoms. The number of rotatable bonds is 13. The quantitative estimate of drug-likeness (QED) is 0.285. The van der Waals surface area contributed by atoms with Crippen LogP contribution in [0, 0.1) is 0 Å². The molecule has 160 valence electrons. The van der Waals surface area contributed by atoms with Gasteiger partial charge in [0.2, 0.25) is 0 Å². The third kappa shape index (κ3) is 8.07. The Morgan fingerprint density at radius 2 is 1.45 bits per heavy atom. The summed E-state index contributed by atoms with van der Waals surface area (Å²) in [5, 5.41) is 9.96. The first-order valence-electron chi connectivity index (χ1n) is 10.5. The third-order valence-electron chi connectivity index (χ3n) is 4.91. The van der Waals surface area contributed by atoms with Gasteiger partial charge in [-0.25, -0.2) is 0 Å². The maximum absolute atomic E-state index is 11.8. The van der Waals surface area contributed by atoms with Gasteiger partial charge in [-0.1, -0.05) is 76.5 Å². The summed E-state index contributed by atoms with van der Waals surface area (Å²) in [7, 11) is -4.53. The van der Waals surface area contributed by atoms with Gasteiger partial charge in [0.05, 0.1) is 0 Å². The van der Waals surface area contributed by atoms with Crippen LogP contribution in [0.25, 0.3) is 0 Å². The molecule has 0 unspecified atom stereocenters. The van der Waals surface area contributed by atoms with Gasteiger partial charge in [0.25, 0.3) is 10.1 Å². The molecule has 5 nitrogen and oxygen atoms in total. The average molecular weight is 421 g/mol. The Morgan fingerprint density at radius 1 is 0.862 bits per heavy atom. The molecule has 0 atom stereocenters. The molecular formula is C23H32O5S. The van der Waals surface area contributed by atoms with Gasteiger partial charge in [0.1, 0.15) is 16.4 Å². The molecule has 2 aromatic rings. The van der Waals surface area contributed by atoms with Crippen LogP contribution < -0.4 is 4.74 Å². The number of hydrogen-bond donors (Lipinski definition) is 2. The maximum atomic E-state index is 11.8. The van der Waals surface area contributed by atoms with Gasteiger partial charge >= 0.3 is 0 Å². The lowest BCUT2D eigenvalue weighted by atomic mass is 10.0. The van der Waals surface area contributed by atoms with Crippen molar-refractivity contribution in [3.05, 3.63) is 48.0 Å². The van der Waals surface area contributed by atoms with Crippen LogP contribution in [0.3, 0.4) is 0 Å². The summed E-state index contributed by atoms with van der Waals surface area (Å²) in [6, 6.07) is 11.3. The Balaban J connectivity index is 2.03. The van der Waals surface area contributed by atoms with Crippen LogP contribution in [0.1, 0.15) is 70.3 Å². The van der Waals surface area contributed by atoms with Crippen LogP contribution in [0.15, 0.2) is 47.4 Å². The van der Waals surface area contributed by atoms with E-state index < -0.39 is 15.0 Å². The molecule has 0 fully saturated rings. The van der Waals surface area contributed by atoms with Crippen molar-refractivity contribution >= 4 is 10.1 Å². The Labute approximate surface area is 174 Å². The lowest BCUT2D eigenvalue weighted by Gasteiger charge is -2.15. The number of ether oxygens (including phenoxy) is 1. The summed E-state index contributed by atoms with van der Waals surface area (Å²) in [6.45, 7) is 2.21. The molecule has 0 heterocycles. The summed E-state index contributed by atoms with van der Waals surface area (Å²) < 4.78 is 39.1. The Hall–Kier alpha value is -2.05. The molecule has 0 amide bonds. The number of phenols is 1. The fourth-order valence-electron chi connectivity index (χ4n) is 3.37. The molecule has 0 aromatic heterocycles. The summed E-state index contributed by atoms with van der Waals surface area (Å²) >= 11 is 0. The number of hydrogen-bond acceptors (Lipinski definition) is 4. The number of aryl methyl sites for hydroxylation is 1. The molecule has 0 saturated carbocycles. The number of aromatic hydroxyl groups is 1. The van der Waals surface area contributed by atoms with Gasteiger partial charge in [0.15, 0.2) is 5.75 Å². The first-order chi connectivity index (χ1) is 13.9. The van der Waals surface area contributed by atoms with Crippen molar-refractivity contribution < 1.29 is 22.8 Å². The predicted molar refractivity (Wildman–Crippen MR) is 115 cm³/mol. The van der Waals surface area contributed by atoms with Crippen molar-refractivity contribution in [2.75, 3.05) is 0 Å². The van der Waals surface area contributed by atoms with E-state index in [0.717, 1.165) is 25.3 Å². The van der Waals surface area contributed by atoms with Crippen molar-refractivity contribution in [3.63, 3.8) is 0 Å². The van der Waals surface area contributed by atoms with E-state index >= 15 is 0 Å². The standard InChI is InChI=1S/C23H32O5S/c1-2-3-4-5-6-7-8-9-11-14-19-17-20(24)18-22(29(25,26)27)23(19)28-21-15-12-10-13-16-21/h10,12-13,15-18,24H,2-9,11,14H2,1H3,(H,25,26,27). The van der Waals surface area contributed by atoms with E-state index in [-0.39, 0.29) is 11.5 Å². The number of para-hydroxylation sites is 1. The van der Waals surface area contributed by atoms with E-state index in [9.17, 15) is 18.1 Å². The zero-order chi connectivity index (χ0) is 21.1. The summed E-state index contributed by atoms with van der Waals surface area (Å²) in [4.78, 5) is -0.410. The lowest BCUT2D eigenvalue weighted by molar-refractivity contribution is 0.433. The molecule has 2 aromatic carbocycles. The van der Waals surface area contributed by atoms with Gasteiger partial charge in [-0.3, -0.25) is 4.55 Å². The van der Waals surface area contributed by atoms with Gasteiger partial charge in [0, 0.05) is 6.07 Å². The van der Waals surface area contributed by atoms with Crippen LogP contribution in [0.4, 0.5) is 0 Å². The highest BCUT2D eigenvalue weighted by Gasteiger charge is 2.22. The molecule has 0 radical (unpaired) electrons. The normalized spacial score (nSPS) is 11.5. The van der Waals surface area contributed by atoms with Crippen molar-refractivity contribution in [1.82, 2.24) is 0 Å². The molecule has 2 N–H and O–H groups in total. The maximum Gasteiger partial charge on any atom is 0.298 e. The molecule has 0 bridgehead atoms. The van der Waals surface area contributed by atoms with Crippen molar-refractivity contribution in [2.45, 2.75) is 76.0 Å². The minimum Gasteiger partial charge on any atom is -0.508 e. The average Bonchev–Trinajstić information content (AvgIpc) is 2.68. The van der Waals surface area contributed by atoms with Gasteiger partial charge in [-0.15, -0.1) is 0 Å². The Kier molecular flexibility index (Phi) is 9.48. The largest absolute Gasteiger partial charge is 0.508 e. The highest BCUT2D eigenvalue weighted by molar-refractivity contribution is 7.86. The van der Waals surface area contributed by atoms with E-state index in [2.05, 4.69) is 6.92 Å². The zero-order valence-corrected chi connectivity index (χ0v) is 18.0. The molecule has 2 rings (SSSR count). The third-order valence-corrected chi connectivity index (χ3v) is 5.77. The highest BCUT2D eigenvalue weighted by atomic mass is 32.2. The van der Waals surface area contributed by atoms with E-state index in [0.29, 0.717) is 17.7 Å². The molecule has 0 aliphatic carbocycles. The molecule has 0 aliphatic rings. The van der Waals surface area contributed by atoms with E-state index in [1.54, 1.807) is 24.3 Å². The second-order valence-corrected chi connectivity index (χ2v) is 8.79. The summed E-state index contributed by atoms with van der Waals surface area (Å²) in [6.07, 6.45) is 11.2. The minimum absolute atomic E-state index is 0.0797. The van der Waals surface area contributed by atoms with E-state index in [1.807, 2.05) is 6.07 Å². The molecule has 29 heavy (non-hydrogen) atoms. The second-order valence-electron chi connectivity index (χ2n) is 7.40. The van der Waals surface area contributed by atoms with E-state index in [4.69, 9.17) is 4.74 Å². The molecule has 0 saturated heterocycles. The van der Waals surface area contributed by atoms with Crippen molar-refractivity contribution in [3.8, 4) is 17.2 Å². The van der Waals surface area contributed by atoms with Crippen LogP contribution in [0.2, 0.25) is 0 Å². The lowest BCUT2D eigenvalue weighted by Crippen LogP contribution is -2.04. The highest BCUT2D eigenvalue weighted by Crippen LogP contribution is 2.36. The van der Waals surface area contributed by atoms with E-state index in [1.165, 1.54) is 44.6 Å². The molecule has 0 aliphatic heterocycles. The predicted octanol–water partition coefficient (Wildman–Crippen LogP) is 6.50. The Morgan fingerprint density at radius 3 is 2.03 bits per heavy atom. The topological polar surface area (TPSA) is 83.8 Å². The number of phenolic OH excluding ortho intramolecular Hbond substituents is 1. The molecule has 0 spiro atoms. The smallest absolute Gasteiger partial charge is 0.298 e. The summed E-state index contributed by atoms with van der Waals surface area (Å²) in [5.74, 6) is 0.344. The van der Waals surface area contributed by atoms with Gasteiger partial charge in [-0.2, -0.15) is 8.42 Å². The van der Waals surface area contributed by atoms with Gasteiger partial charge in [-0.05, 0) is 36.6 Å². The number of unbranched alkanes of at least 4 members (excludes halogenated alkanes) is 8. The van der Waals surface area contributed by atoms with Crippen LogP contribution in [-0.2, 0) is 16.5 Å². The van der Waals surface area contributed by atoms with Crippen molar-refractivity contribution in [2.24, 2.45) is 0 Å². The fourth-order valence-corrected chi connectivity index (χ4v) is 4.05. The van der Waals surface area contributed by atoms with Gasteiger partial charge < -0.3 is 9.84 Å². The fraction of sp³-hybridized carbons (Fsp3) is 0.478. The first kappa shape index (κ1) is 23.2. The second kappa shape index (κ2) is 11.8. The minimum atomic E-state index is -4.53. The first-order valence-corrected chi connectivity index (χ1v) is 11.9. The van der Waals surface area contributed by atoms with Crippen molar-refractivity contribution in [1.29, 1.82) is 0 Å². The van der Waals surface area contributed by atoms with Crippen LogP contribution >= 0.6 is 0 Å². The summed E-state index contributed by atoms with van der Waals surface area (Å²) in [5.41, 5.74) is 0.574. The molecular weight excluding hydrogens is 388 g/mol. The SMILES string of the molecule is CCCCCCCCCCCc1cc(O)cc(S(=O)(=O)O)c1Oc1ccccc1. The van der Waals surface area contributed by atoms with Crippen LogP contribution in [0.5, 0.6) is 17.2 Å². The monoisotopic (exact) mass is 420 g/mol.